The number of hydrogen-bond acceptors (Lipinski definition) is 4. The number of rotatable bonds is 2. The standard InChI is InChI=1S/C11H18N2O2S2.ClH/c1-8-7-11(9(2)16-8)17(14,15)13-5-3-10(12)4-6-13;/h7,10H,3-6,12H2,1-2H3;1H. The largest absolute Gasteiger partial charge is 0.328 e. The van der Waals surface area contributed by atoms with Gasteiger partial charge in [0.15, 0.2) is 0 Å². The van der Waals surface area contributed by atoms with Crippen molar-refractivity contribution >= 4 is 33.8 Å². The molecule has 0 saturated carbocycles. The Kier molecular flexibility index (Phi) is 5.20. The van der Waals surface area contributed by atoms with Gasteiger partial charge in [0, 0.05) is 28.9 Å². The molecule has 2 heterocycles. The first-order valence-electron chi connectivity index (χ1n) is 5.74. The van der Waals surface area contributed by atoms with Crippen molar-refractivity contribution in [3.8, 4) is 0 Å². The number of piperidine rings is 1. The Balaban J connectivity index is 0.00000162. The average Bonchev–Trinajstić information content (AvgIpc) is 2.59. The van der Waals surface area contributed by atoms with Crippen molar-refractivity contribution in [2.45, 2.75) is 37.6 Å². The van der Waals surface area contributed by atoms with Crippen LogP contribution in [-0.4, -0.2) is 31.9 Å². The molecule has 0 atom stereocenters. The Morgan fingerprint density at radius 2 is 1.89 bits per heavy atom. The molecule has 7 heteroatoms. The van der Waals surface area contributed by atoms with Gasteiger partial charge >= 0.3 is 0 Å². The van der Waals surface area contributed by atoms with Crippen molar-refractivity contribution in [2.24, 2.45) is 5.73 Å². The summed E-state index contributed by atoms with van der Waals surface area (Å²) in [5.41, 5.74) is 5.79. The highest BCUT2D eigenvalue weighted by atomic mass is 35.5. The molecule has 1 aliphatic heterocycles. The lowest BCUT2D eigenvalue weighted by Gasteiger charge is -2.29. The summed E-state index contributed by atoms with van der Waals surface area (Å²) in [5, 5.41) is 0. The molecule has 2 N–H and O–H groups in total. The molecular formula is C11H19ClN2O2S2. The first-order valence-corrected chi connectivity index (χ1v) is 7.99. The van der Waals surface area contributed by atoms with Crippen LogP contribution in [0.15, 0.2) is 11.0 Å². The lowest BCUT2D eigenvalue weighted by molar-refractivity contribution is 0.320. The predicted molar refractivity (Wildman–Crippen MR) is 77.0 cm³/mol. The number of aryl methyl sites for hydroxylation is 2. The smallest absolute Gasteiger partial charge is 0.244 e. The number of hydrogen-bond donors (Lipinski definition) is 1. The van der Waals surface area contributed by atoms with Gasteiger partial charge in [-0.2, -0.15) is 4.31 Å². The molecule has 2 rings (SSSR count). The van der Waals surface area contributed by atoms with E-state index in [0.29, 0.717) is 18.0 Å². The van der Waals surface area contributed by atoms with Crippen LogP contribution in [0.4, 0.5) is 0 Å². The molecule has 0 aliphatic carbocycles. The Labute approximate surface area is 119 Å². The Bertz CT molecular complexity index is 505. The quantitative estimate of drug-likeness (QED) is 0.907. The van der Waals surface area contributed by atoms with Crippen molar-refractivity contribution in [3.05, 3.63) is 15.8 Å². The van der Waals surface area contributed by atoms with Gasteiger partial charge in [-0.1, -0.05) is 0 Å². The van der Waals surface area contributed by atoms with Crippen molar-refractivity contribution in [2.75, 3.05) is 13.1 Å². The third kappa shape index (κ3) is 3.05. The molecule has 0 aromatic carbocycles. The Morgan fingerprint density at radius 1 is 1.33 bits per heavy atom. The van der Waals surface area contributed by atoms with Crippen LogP contribution < -0.4 is 5.73 Å². The van der Waals surface area contributed by atoms with Crippen LogP contribution in [0.2, 0.25) is 0 Å². The summed E-state index contributed by atoms with van der Waals surface area (Å²) in [6.45, 7) is 4.87. The summed E-state index contributed by atoms with van der Waals surface area (Å²) in [4.78, 5) is 2.38. The van der Waals surface area contributed by atoms with E-state index in [2.05, 4.69) is 0 Å². The summed E-state index contributed by atoms with van der Waals surface area (Å²) in [6.07, 6.45) is 1.50. The van der Waals surface area contributed by atoms with E-state index in [9.17, 15) is 8.42 Å². The average molecular weight is 311 g/mol. The molecule has 0 bridgehead atoms. The van der Waals surface area contributed by atoms with Gasteiger partial charge in [0.2, 0.25) is 10.0 Å². The molecule has 1 aromatic rings. The van der Waals surface area contributed by atoms with Gasteiger partial charge in [-0.25, -0.2) is 8.42 Å². The second kappa shape index (κ2) is 5.88. The van der Waals surface area contributed by atoms with Gasteiger partial charge in [0.05, 0.1) is 4.90 Å². The number of nitrogens with zero attached hydrogens (tertiary/aromatic N) is 1. The van der Waals surface area contributed by atoms with E-state index in [1.807, 2.05) is 13.8 Å². The molecule has 18 heavy (non-hydrogen) atoms. The van der Waals surface area contributed by atoms with E-state index >= 15 is 0 Å². The normalized spacial score (nSPS) is 18.6. The monoisotopic (exact) mass is 310 g/mol. The van der Waals surface area contributed by atoms with E-state index in [0.717, 1.165) is 22.6 Å². The first-order chi connectivity index (χ1) is 7.91. The van der Waals surface area contributed by atoms with Crippen LogP contribution in [0.25, 0.3) is 0 Å². The van der Waals surface area contributed by atoms with E-state index in [1.165, 1.54) is 11.3 Å². The minimum absolute atomic E-state index is 0. The SMILES string of the molecule is Cc1cc(S(=O)(=O)N2CCC(N)CC2)c(C)s1.Cl. The predicted octanol–water partition coefficient (Wildman–Crippen LogP) is 1.90. The molecule has 0 spiro atoms. The Hall–Kier alpha value is -0.140. The number of nitrogens with two attached hydrogens (primary N) is 1. The fraction of sp³-hybridized carbons (Fsp3) is 0.636. The second-order valence-electron chi connectivity index (χ2n) is 4.52. The minimum atomic E-state index is -3.31. The second-order valence-corrected chi connectivity index (χ2v) is 7.89. The molecular weight excluding hydrogens is 292 g/mol. The summed E-state index contributed by atoms with van der Waals surface area (Å²) >= 11 is 1.53. The van der Waals surface area contributed by atoms with Crippen molar-refractivity contribution in [1.82, 2.24) is 4.31 Å². The molecule has 104 valence electrons. The number of sulfonamides is 1. The van der Waals surface area contributed by atoms with E-state index in [-0.39, 0.29) is 18.4 Å². The first kappa shape index (κ1) is 15.9. The topological polar surface area (TPSA) is 63.4 Å². The van der Waals surface area contributed by atoms with Crippen LogP contribution in [0, 0.1) is 13.8 Å². The molecule has 1 aliphatic rings. The Morgan fingerprint density at radius 3 is 2.33 bits per heavy atom. The van der Waals surface area contributed by atoms with E-state index in [4.69, 9.17) is 5.73 Å². The number of thiophene rings is 1. The molecule has 4 nitrogen and oxygen atoms in total. The lowest BCUT2D eigenvalue weighted by atomic mass is 10.1. The summed E-state index contributed by atoms with van der Waals surface area (Å²) in [7, 11) is -3.31. The molecule has 1 aromatic heterocycles. The highest BCUT2D eigenvalue weighted by Gasteiger charge is 2.30. The fourth-order valence-corrected chi connectivity index (χ4v) is 5.11. The maximum absolute atomic E-state index is 12.4. The highest BCUT2D eigenvalue weighted by molar-refractivity contribution is 7.89. The summed E-state index contributed by atoms with van der Waals surface area (Å²) < 4.78 is 26.4. The van der Waals surface area contributed by atoms with Gasteiger partial charge in [-0.3, -0.25) is 0 Å². The van der Waals surface area contributed by atoms with E-state index in [1.54, 1.807) is 10.4 Å². The zero-order valence-electron chi connectivity index (χ0n) is 10.5. The molecule has 0 unspecified atom stereocenters. The van der Waals surface area contributed by atoms with Crippen LogP contribution in [0.1, 0.15) is 22.6 Å². The van der Waals surface area contributed by atoms with Crippen LogP contribution in [0.5, 0.6) is 0 Å². The molecule has 1 fully saturated rings. The fourth-order valence-electron chi connectivity index (χ4n) is 2.12. The van der Waals surface area contributed by atoms with Crippen LogP contribution >= 0.6 is 23.7 Å². The van der Waals surface area contributed by atoms with Crippen molar-refractivity contribution in [3.63, 3.8) is 0 Å². The van der Waals surface area contributed by atoms with Crippen molar-refractivity contribution < 1.29 is 8.42 Å². The van der Waals surface area contributed by atoms with Gasteiger partial charge in [0.1, 0.15) is 0 Å². The van der Waals surface area contributed by atoms with Gasteiger partial charge < -0.3 is 5.73 Å². The zero-order valence-corrected chi connectivity index (χ0v) is 13.0. The van der Waals surface area contributed by atoms with Crippen LogP contribution in [0.3, 0.4) is 0 Å². The summed E-state index contributed by atoms with van der Waals surface area (Å²) in [6, 6.07) is 1.91. The number of halogens is 1. The van der Waals surface area contributed by atoms with Gasteiger partial charge in [0.25, 0.3) is 0 Å². The van der Waals surface area contributed by atoms with Gasteiger partial charge in [-0.15, -0.1) is 23.7 Å². The minimum Gasteiger partial charge on any atom is -0.328 e. The maximum atomic E-state index is 12.4. The molecule has 0 amide bonds. The zero-order chi connectivity index (χ0) is 12.6. The molecule has 1 saturated heterocycles. The highest BCUT2D eigenvalue weighted by Crippen LogP contribution is 2.28. The van der Waals surface area contributed by atoms with Crippen molar-refractivity contribution in [1.29, 1.82) is 0 Å². The maximum Gasteiger partial charge on any atom is 0.244 e. The van der Waals surface area contributed by atoms with Gasteiger partial charge in [-0.05, 0) is 32.8 Å². The third-order valence-electron chi connectivity index (χ3n) is 3.11. The third-order valence-corrected chi connectivity index (χ3v) is 6.23. The lowest BCUT2D eigenvalue weighted by Crippen LogP contribution is -2.42. The van der Waals surface area contributed by atoms with Crippen LogP contribution in [-0.2, 0) is 10.0 Å². The van der Waals surface area contributed by atoms with E-state index < -0.39 is 10.0 Å². The summed E-state index contributed by atoms with van der Waals surface area (Å²) in [5.74, 6) is 0. The molecule has 0 radical (unpaired) electrons.